The van der Waals surface area contributed by atoms with Crippen LogP contribution in [0.2, 0.25) is 0 Å². The van der Waals surface area contributed by atoms with E-state index in [-0.39, 0.29) is 18.0 Å². The van der Waals surface area contributed by atoms with E-state index < -0.39 is 11.7 Å². The minimum absolute atomic E-state index is 0.0461. The summed E-state index contributed by atoms with van der Waals surface area (Å²) < 4.78 is 5.19. The molecule has 1 saturated heterocycles. The van der Waals surface area contributed by atoms with E-state index in [4.69, 9.17) is 4.74 Å². The Kier molecular flexibility index (Phi) is 8.15. The van der Waals surface area contributed by atoms with Crippen molar-refractivity contribution in [2.45, 2.75) is 58.2 Å². The molecule has 10 heteroatoms. The molecule has 4 amide bonds. The molecule has 10 nitrogen and oxygen atoms in total. The Morgan fingerprint density at radius 2 is 1.84 bits per heavy atom. The number of hydrogen-bond donors (Lipinski definition) is 3. The van der Waals surface area contributed by atoms with Crippen molar-refractivity contribution in [1.29, 1.82) is 0 Å². The highest BCUT2D eigenvalue weighted by Gasteiger charge is 2.31. The number of benzene rings is 1. The fraction of sp³-hybridized carbons (Fsp3) is 0.481. The summed E-state index contributed by atoms with van der Waals surface area (Å²) in [6.45, 7) is 8.40. The van der Waals surface area contributed by atoms with Crippen molar-refractivity contribution in [2.75, 3.05) is 36.4 Å². The van der Waals surface area contributed by atoms with Crippen LogP contribution in [0, 0.1) is 0 Å². The maximum Gasteiger partial charge on any atom is 0.407 e. The Balaban J connectivity index is 1.23. The Labute approximate surface area is 217 Å². The van der Waals surface area contributed by atoms with Crippen LogP contribution >= 0.6 is 0 Å². The molecule has 0 spiro atoms. The molecule has 4 rings (SSSR count). The lowest BCUT2D eigenvalue weighted by Crippen LogP contribution is -2.50. The van der Waals surface area contributed by atoms with E-state index >= 15 is 0 Å². The lowest BCUT2D eigenvalue weighted by atomic mass is 10.0. The zero-order chi connectivity index (χ0) is 26.4. The Morgan fingerprint density at radius 1 is 1.11 bits per heavy atom. The molecule has 0 saturated carbocycles. The number of amides is 4. The molecule has 2 aliphatic rings. The summed E-state index contributed by atoms with van der Waals surface area (Å²) >= 11 is 0. The van der Waals surface area contributed by atoms with Gasteiger partial charge in [-0.15, -0.1) is 0 Å². The summed E-state index contributed by atoms with van der Waals surface area (Å²) in [5, 5.41) is 8.57. The molecular formula is C27H36N6O4. The number of piperidine rings is 1. The van der Waals surface area contributed by atoms with Gasteiger partial charge >= 0.3 is 12.1 Å². The van der Waals surface area contributed by atoms with Gasteiger partial charge in [-0.2, -0.15) is 0 Å². The van der Waals surface area contributed by atoms with Crippen LogP contribution < -0.4 is 20.9 Å². The van der Waals surface area contributed by atoms with Crippen LogP contribution in [0.1, 0.15) is 56.0 Å². The minimum Gasteiger partial charge on any atom is -0.444 e. The number of ether oxygens (including phenoxy) is 1. The molecular weight excluding hydrogens is 472 g/mol. The number of urea groups is 1. The smallest absolute Gasteiger partial charge is 0.407 e. The Hall–Kier alpha value is -3.82. The van der Waals surface area contributed by atoms with Gasteiger partial charge in [-0.25, -0.2) is 14.6 Å². The second-order valence-corrected chi connectivity index (χ2v) is 10.4. The zero-order valence-corrected chi connectivity index (χ0v) is 21.8. The van der Waals surface area contributed by atoms with Crippen LogP contribution in [0.25, 0.3) is 0 Å². The fourth-order valence-corrected chi connectivity index (χ4v) is 4.55. The topological polar surface area (TPSA) is 116 Å². The van der Waals surface area contributed by atoms with E-state index in [0.29, 0.717) is 31.6 Å². The number of nitrogens with one attached hydrogen (secondary N) is 3. The summed E-state index contributed by atoms with van der Waals surface area (Å²) in [4.78, 5) is 45.5. The third kappa shape index (κ3) is 7.12. The number of fused-ring (bicyclic) bond motifs is 1. The van der Waals surface area contributed by atoms with Crippen molar-refractivity contribution in [3.05, 3.63) is 53.7 Å². The maximum absolute atomic E-state index is 12.7. The average molecular weight is 509 g/mol. The van der Waals surface area contributed by atoms with Crippen molar-refractivity contribution in [1.82, 2.24) is 20.5 Å². The van der Waals surface area contributed by atoms with Crippen LogP contribution in [-0.4, -0.2) is 65.7 Å². The first-order valence-electron chi connectivity index (χ1n) is 12.8. The number of carbonyl (C=O) groups is 3. The van der Waals surface area contributed by atoms with Gasteiger partial charge in [0, 0.05) is 56.2 Å². The maximum atomic E-state index is 12.7. The molecule has 0 bridgehead atoms. The minimum atomic E-state index is -0.541. The SMILES string of the molecule is CC(C)(C)OC(=O)NCCCNC(=O)c1ccnc(N2CCC(N3Cc4ccccc4NC3=O)CC2)c1. The highest BCUT2D eigenvalue weighted by Crippen LogP contribution is 2.28. The van der Waals surface area contributed by atoms with Gasteiger partial charge in [0.1, 0.15) is 11.4 Å². The van der Waals surface area contributed by atoms with Gasteiger partial charge in [0.2, 0.25) is 0 Å². The third-order valence-electron chi connectivity index (χ3n) is 6.40. The largest absolute Gasteiger partial charge is 0.444 e. The van der Waals surface area contributed by atoms with Gasteiger partial charge in [-0.05, 0) is 63.8 Å². The number of alkyl carbamates (subject to hydrolysis) is 1. The summed E-state index contributed by atoms with van der Waals surface area (Å²) in [6, 6.07) is 11.5. The number of aromatic nitrogens is 1. The first-order chi connectivity index (χ1) is 17.7. The number of para-hydroxylation sites is 1. The molecule has 37 heavy (non-hydrogen) atoms. The molecule has 0 atom stereocenters. The number of hydrogen-bond acceptors (Lipinski definition) is 6. The van der Waals surface area contributed by atoms with Crippen molar-refractivity contribution < 1.29 is 19.1 Å². The molecule has 3 N–H and O–H groups in total. The molecule has 2 aliphatic heterocycles. The summed E-state index contributed by atoms with van der Waals surface area (Å²) in [7, 11) is 0. The van der Waals surface area contributed by atoms with Crippen LogP contribution in [0.3, 0.4) is 0 Å². The van der Waals surface area contributed by atoms with Crippen LogP contribution in [0.4, 0.5) is 21.1 Å². The molecule has 3 heterocycles. The van der Waals surface area contributed by atoms with Gasteiger partial charge in [0.15, 0.2) is 0 Å². The number of pyridine rings is 1. The second-order valence-electron chi connectivity index (χ2n) is 10.4. The summed E-state index contributed by atoms with van der Waals surface area (Å²) in [5.74, 6) is 0.575. The molecule has 1 aromatic carbocycles. The van der Waals surface area contributed by atoms with Crippen molar-refractivity contribution in [2.24, 2.45) is 0 Å². The van der Waals surface area contributed by atoms with Gasteiger partial charge < -0.3 is 30.5 Å². The lowest BCUT2D eigenvalue weighted by Gasteiger charge is -2.41. The zero-order valence-electron chi connectivity index (χ0n) is 21.8. The first-order valence-corrected chi connectivity index (χ1v) is 12.8. The Bertz CT molecular complexity index is 1120. The predicted molar refractivity (Wildman–Crippen MR) is 142 cm³/mol. The standard InChI is InChI=1S/C27H36N6O4/c1-27(2,3)37-26(36)30-13-6-12-29-24(34)19-9-14-28-23(17-19)32-15-10-21(11-16-32)33-18-20-7-4-5-8-22(20)31-25(33)35/h4-5,7-9,14,17,21H,6,10-13,15-16,18H2,1-3H3,(H,29,34)(H,30,36)(H,31,35). The quantitative estimate of drug-likeness (QED) is 0.491. The molecule has 1 aromatic heterocycles. The third-order valence-corrected chi connectivity index (χ3v) is 6.40. The van der Waals surface area contributed by atoms with Gasteiger partial charge in [-0.1, -0.05) is 18.2 Å². The number of rotatable bonds is 7. The predicted octanol–water partition coefficient (Wildman–Crippen LogP) is 3.74. The van der Waals surface area contributed by atoms with Gasteiger partial charge in [-0.3, -0.25) is 4.79 Å². The monoisotopic (exact) mass is 508 g/mol. The van der Waals surface area contributed by atoms with Gasteiger partial charge in [0.05, 0.1) is 0 Å². The van der Waals surface area contributed by atoms with E-state index in [1.807, 2.05) is 43.9 Å². The molecule has 2 aromatic rings. The van der Waals surface area contributed by atoms with Gasteiger partial charge in [0.25, 0.3) is 5.91 Å². The highest BCUT2D eigenvalue weighted by molar-refractivity contribution is 5.95. The van der Waals surface area contributed by atoms with Crippen molar-refractivity contribution in [3.63, 3.8) is 0 Å². The van der Waals surface area contributed by atoms with E-state index in [1.165, 1.54) is 0 Å². The normalized spacial score (nSPS) is 16.0. The molecule has 0 unspecified atom stereocenters. The highest BCUT2D eigenvalue weighted by atomic mass is 16.6. The van der Waals surface area contributed by atoms with E-state index in [1.54, 1.807) is 18.3 Å². The summed E-state index contributed by atoms with van der Waals surface area (Å²) in [5.41, 5.74) is 2.02. The second kappa shape index (κ2) is 11.5. The van der Waals surface area contributed by atoms with E-state index in [2.05, 4.69) is 31.9 Å². The first kappa shape index (κ1) is 26.2. The lowest BCUT2D eigenvalue weighted by molar-refractivity contribution is 0.0527. The number of nitrogens with zero attached hydrogens (tertiary/aromatic N) is 3. The summed E-state index contributed by atoms with van der Waals surface area (Å²) in [6.07, 6.45) is 3.43. The average Bonchev–Trinajstić information content (AvgIpc) is 2.87. The Morgan fingerprint density at radius 3 is 2.59 bits per heavy atom. The molecule has 198 valence electrons. The van der Waals surface area contributed by atoms with Crippen LogP contribution in [-0.2, 0) is 11.3 Å². The molecule has 1 fully saturated rings. The van der Waals surface area contributed by atoms with Crippen LogP contribution in [0.5, 0.6) is 0 Å². The molecule has 0 radical (unpaired) electrons. The van der Waals surface area contributed by atoms with Crippen molar-refractivity contribution >= 4 is 29.5 Å². The van der Waals surface area contributed by atoms with E-state index in [9.17, 15) is 14.4 Å². The fourth-order valence-electron chi connectivity index (χ4n) is 4.55. The van der Waals surface area contributed by atoms with E-state index in [0.717, 1.165) is 43.0 Å². The number of anilines is 2. The van der Waals surface area contributed by atoms with Crippen molar-refractivity contribution in [3.8, 4) is 0 Å². The number of carbonyl (C=O) groups excluding carboxylic acids is 3. The molecule has 0 aliphatic carbocycles. The van der Waals surface area contributed by atoms with Crippen LogP contribution in [0.15, 0.2) is 42.6 Å².